The van der Waals surface area contributed by atoms with E-state index in [1.807, 2.05) is 0 Å². The second-order valence-corrected chi connectivity index (χ2v) is 5.18. The van der Waals surface area contributed by atoms with Crippen LogP contribution < -0.4 is 0 Å². The molecule has 7 nitrogen and oxygen atoms in total. The Morgan fingerprint density at radius 3 is 2.85 bits per heavy atom. The van der Waals surface area contributed by atoms with Gasteiger partial charge < -0.3 is 19.7 Å². The van der Waals surface area contributed by atoms with Gasteiger partial charge in [0.25, 0.3) is 0 Å². The molecule has 108 valence electrons. The van der Waals surface area contributed by atoms with Crippen molar-refractivity contribution < 1.29 is 19.4 Å². The number of carboxylic acids is 1. The molecule has 0 spiro atoms. The maximum Gasteiger partial charge on any atom is 0.332 e. The molecule has 0 bridgehead atoms. The normalized spacial score (nSPS) is 23.4. The van der Waals surface area contributed by atoms with Gasteiger partial charge in [-0.2, -0.15) is 0 Å². The first-order valence-corrected chi connectivity index (χ1v) is 6.81. The summed E-state index contributed by atoms with van der Waals surface area (Å²) < 4.78 is 5.25. The van der Waals surface area contributed by atoms with Crippen molar-refractivity contribution in [3.63, 3.8) is 0 Å². The molecule has 3 heterocycles. The number of imidazole rings is 1. The molecule has 0 unspecified atom stereocenters. The van der Waals surface area contributed by atoms with Crippen molar-refractivity contribution >= 4 is 11.9 Å². The van der Waals surface area contributed by atoms with Crippen LogP contribution in [0.25, 0.3) is 0 Å². The summed E-state index contributed by atoms with van der Waals surface area (Å²) in [6.07, 6.45) is 3.43. The summed E-state index contributed by atoms with van der Waals surface area (Å²) in [6, 6.07) is -0.972. The predicted molar refractivity (Wildman–Crippen MR) is 67.9 cm³/mol. The molecular formula is C13H17N3O4. The zero-order chi connectivity index (χ0) is 14.1. The topological polar surface area (TPSA) is 95.5 Å². The smallest absolute Gasteiger partial charge is 0.332 e. The summed E-state index contributed by atoms with van der Waals surface area (Å²) in [5, 5.41) is 9.45. The SMILES string of the molecule is O=C(O)[C@@H]1c2nc[nH]c2CCN1C(=O)C1CCOCC1. The molecule has 2 aliphatic heterocycles. The highest BCUT2D eigenvalue weighted by atomic mass is 16.5. The van der Waals surface area contributed by atoms with E-state index in [1.165, 1.54) is 11.2 Å². The lowest BCUT2D eigenvalue weighted by atomic mass is 9.95. The maximum atomic E-state index is 12.6. The van der Waals surface area contributed by atoms with Crippen molar-refractivity contribution in [3.05, 3.63) is 17.7 Å². The summed E-state index contributed by atoms with van der Waals surface area (Å²) in [5.74, 6) is -1.25. The Kier molecular flexibility index (Phi) is 3.43. The van der Waals surface area contributed by atoms with Crippen molar-refractivity contribution in [2.24, 2.45) is 5.92 Å². The maximum absolute atomic E-state index is 12.6. The molecule has 1 amide bonds. The second kappa shape index (κ2) is 5.24. The number of rotatable bonds is 2. The van der Waals surface area contributed by atoms with Gasteiger partial charge in [0.2, 0.25) is 5.91 Å². The van der Waals surface area contributed by atoms with Gasteiger partial charge in [0.05, 0.1) is 12.0 Å². The molecule has 0 aromatic carbocycles. The van der Waals surface area contributed by atoms with Crippen LogP contribution in [-0.4, -0.2) is 51.6 Å². The number of fused-ring (bicyclic) bond motifs is 1. The van der Waals surface area contributed by atoms with Crippen LogP contribution in [0, 0.1) is 5.92 Å². The highest BCUT2D eigenvalue weighted by Gasteiger charge is 2.40. The number of aliphatic carboxylic acids is 1. The molecular weight excluding hydrogens is 262 g/mol. The summed E-state index contributed by atoms with van der Waals surface area (Å²) in [4.78, 5) is 32.6. The van der Waals surface area contributed by atoms with Gasteiger partial charge in [-0.25, -0.2) is 9.78 Å². The van der Waals surface area contributed by atoms with E-state index < -0.39 is 12.0 Å². The van der Waals surface area contributed by atoms with Crippen LogP contribution in [0.5, 0.6) is 0 Å². The van der Waals surface area contributed by atoms with E-state index in [1.54, 1.807) is 0 Å². The number of aromatic nitrogens is 2. The van der Waals surface area contributed by atoms with E-state index in [9.17, 15) is 14.7 Å². The second-order valence-electron chi connectivity index (χ2n) is 5.18. The molecule has 0 aliphatic carbocycles. The molecule has 20 heavy (non-hydrogen) atoms. The number of carbonyl (C=O) groups is 2. The van der Waals surface area contributed by atoms with E-state index in [0.717, 1.165) is 5.69 Å². The average Bonchev–Trinajstić information content (AvgIpc) is 2.94. The molecule has 0 saturated carbocycles. The van der Waals surface area contributed by atoms with E-state index in [-0.39, 0.29) is 11.8 Å². The van der Waals surface area contributed by atoms with Crippen LogP contribution in [0.4, 0.5) is 0 Å². The fourth-order valence-corrected chi connectivity index (χ4v) is 2.94. The number of carboxylic acid groups (broad SMARTS) is 1. The summed E-state index contributed by atoms with van der Waals surface area (Å²) in [6.45, 7) is 1.55. The Balaban J connectivity index is 1.85. The van der Waals surface area contributed by atoms with Gasteiger partial charge in [-0.3, -0.25) is 4.79 Å². The van der Waals surface area contributed by atoms with E-state index in [0.29, 0.717) is 44.7 Å². The van der Waals surface area contributed by atoms with Crippen molar-refractivity contribution in [2.75, 3.05) is 19.8 Å². The van der Waals surface area contributed by atoms with Crippen LogP contribution in [0.2, 0.25) is 0 Å². The molecule has 7 heteroatoms. The minimum absolute atomic E-state index is 0.0886. The predicted octanol–water partition coefficient (Wildman–Crippen LogP) is 0.347. The number of hydrogen-bond acceptors (Lipinski definition) is 4. The lowest BCUT2D eigenvalue weighted by Gasteiger charge is -2.35. The Hall–Kier alpha value is -1.89. The van der Waals surface area contributed by atoms with Crippen LogP contribution in [-0.2, 0) is 20.7 Å². The van der Waals surface area contributed by atoms with Gasteiger partial charge in [-0.1, -0.05) is 0 Å². The molecule has 2 aliphatic rings. The fraction of sp³-hybridized carbons (Fsp3) is 0.615. The summed E-state index contributed by atoms with van der Waals surface area (Å²) in [5.41, 5.74) is 1.28. The molecule has 2 N–H and O–H groups in total. The van der Waals surface area contributed by atoms with E-state index in [4.69, 9.17) is 4.74 Å². The number of H-pyrrole nitrogens is 1. The molecule has 0 radical (unpaired) electrons. The Morgan fingerprint density at radius 2 is 2.15 bits per heavy atom. The van der Waals surface area contributed by atoms with Crippen LogP contribution in [0.3, 0.4) is 0 Å². The van der Waals surface area contributed by atoms with Gasteiger partial charge in [-0.15, -0.1) is 0 Å². The van der Waals surface area contributed by atoms with Gasteiger partial charge in [0, 0.05) is 37.8 Å². The first kappa shape index (κ1) is 13.1. The van der Waals surface area contributed by atoms with Gasteiger partial charge in [0.1, 0.15) is 0 Å². The molecule has 1 saturated heterocycles. The van der Waals surface area contributed by atoms with Crippen molar-refractivity contribution in [2.45, 2.75) is 25.3 Å². The molecule has 1 atom stereocenters. The highest BCUT2D eigenvalue weighted by Crippen LogP contribution is 2.30. The van der Waals surface area contributed by atoms with Gasteiger partial charge >= 0.3 is 5.97 Å². The number of hydrogen-bond donors (Lipinski definition) is 2. The minimum Gasteiger partial charge on any atom is -0.479 e. The fourth-order valence-electron chi connectivity index (χ4n) is 2.94. The number of nitrogens with one attached hydrogen (secondary N) is 1. The third kappa shape index (κ3) is 2.18. The molecule has 1 fully saturated rings. The number of carbonyl (C=O) groups excluding carboxylic acids is 1. The number of ether oxygens (including phenoxy) is 1. The minimum atomic E-state index is -1.03. The molecule has 1 aromatic heterocycles. The lowest BCUT2D eigenvalue weighted by molar-refractivity contribution is -0.154. The third-order valence-corrected chi connectivity index (χ3v) is 4.01. The quantitative estimate of drug-likeness (QED) is 0.814. The Labute approximate surface area is 115 Å². The van der Waals surface area contributed by atoms with Crippen LogP contribution in [0.15, 0.2) is 6.33 Å². The number of amides is 1. The van der Waals surface area contributed by atoms with Gasteiger partial charge in [0.15, 0.2) is 6.04 Å². The Bertz CT molecular complexity index is 521. The summed E-state index contributed by atoms with van der Waals surface area (Å²) >= 11 is 0. The molecule has 3 rings (SSSR count). The first-order valence-electron chi connectivity index (χ1n) is 6.81. The van der Waals surface area contributed by atoms with Gasteiger partial charge in [-0.05, 0) is 12.8 Å². The number of nitrogens with zero attached hydrogens (tertiary/aromatic N) is 2. The van der Waals surface area contributed by atoms with Crippen LogP contribution in [0.1, 0.15) is 30.3 Å². The Morgan fingerprint density at radius 1 is 1.40 bits per heavy atom. The molecule has 1 aromatic rings. The zero-order valence-electron chi connectivity index (χ0n) is 11.0. The largest absolute Gasteiger partial charge is 0.479 e. The highest BCUT2D eigenvalue weighted by molar-refractivity contribution is 5.86. The van der Waals surface area contributed by atoms with Crippen LogP contribution >= 0.6 is 0 Å². The monoisotopic (exact) mass is 279 g/mol. The third-order valence-electron chi connectivity index (χ3n) is 4.01. The zero-order valence-corrected chi connectivity index (χ0v) is 11.0. The van der Waals surface area contributed by atoms with E-state index in [2.05, 4.69) is 9.97 Å². The average molecular weight is 279 g/mol. The summed E-state index contributed by atoms with van der Waals surface area (Å²) in [7, 11) is 0. The number of aromatic amines is 1. The first-order chi connectivity index (χ1) is 9.68. The standard InChI is InChI=1S/C13H17N3O4/c17-12(8-2-5-20-6-3-8)16-4-1-9-10(15-7-14-9)11(16)13(18)19/h7-8,11H,1-6H2,(H,14,15)(H,18,19)/t11-/m0/s1. The van der Waals surface area contributed by atoms with E-state index >= 15 is 0 Å². The van der Waals surface area contributed by atoms with Crippen molar-refractivity contribution in [3.8, 4) is 0 Å². The van der Waals surface area contributed by atoms with Crippen molar-refractivity contribution in [1.82, 2.24) is 14.9 Å². The van der Waals surface area contributed by atoms with Crippen molar-refractivity contribution in [1.29, 1.82) is 0 Å². The lowest BCUT2D eigenvalue weighted by Crippen LogP contribution is -2.47.